The lowest BCUT2D eigenvalue weighted by Crippen LogP contribution is -2.31. The minimum Gasteiger partial charge on any atom is -0.504 e. The van der Waals surface area contributed by atoms with Crippen LogP contribution in [-0.2, 0) is 4.79 Å². The van der Waals surface area contributed by atoms with Crippen molar-refractivity contribution < 1.29 is 14.6 Å². The normalized spacial score (nSPS) is 20.0. The molecule has 4 rings (SSSR count). The van der Waals surface area contributed by atoms with Gasteiger partial charge in [0.25, 0.3) is 0 Å². The molecule has 1 heterocycles. The van der Waals surface area contributed by atoms with Crippen LogP contribution in [0.1, 0.15) is 38.3 Å². The lowest BCUT2D eigenvalue weighted by Gasteiger charge is -2.34. The number of fused-ring (bicyclic) bond motifs is 1. The molecular weight excluding hydrogens is 376 g/mol. The summed E-state index contributed by atoms with van der Waals surface area (Å²) in [4.78, 5) is 13.1. The van der Waals surface area contributed by atoms with Crippen molar-refractivity contribution in [1.29, 1.82) is 0 Å². The summed E-state index contributed by atoms with van der Waals surface area (Å²) < 4.78 is 5.16. The van der Waals surface area contributed by atoms with Crippen LogP contribution < -0.4 is 15.4 Å². The van der Waals surface area contributed by atoms with Crippen LogP contribution in [0, 0.1) is 5.41 Å². The highest BCUT2D eigenvalue weighted by Crippen LogP contribution is 2.46. The van der Waals surface area contributed by atoms with Gasteiger partial charge in [-0.05, 0) is 41.7 Å². The summed E-state index contributed by atoms with van der Waals surface area (Å²) in [5.41, 5.74) is 4.32. The Bertz CT molecular complexity index is 953. The molecule has 3 N–H and O–H groups in total. The van der Waals surface area contributed by atoms with E-state index in [1.807, 2.05) is 30.3 Å². The molecule has 28 heavy (non-hydrogen) atoms. The molecule has 1 atom stereocenters. The number of aromatic hydroxyl groups is 1. The Morgan fingerprint density at radius 2 is 1.82 bits per heavy atom. The summed E-state index contributed by atoms with van der Waals surface area (Å²) in [7, 11) is 1.52. The molecule has 0 aromatic heterocycles. The first kappa shape index (κ1) is 20.1. The monoisotopic (exact) mass is 400 g/mol. The van der Waals surface area contributed by atoms with E-state index in [4.69, 9.17) is 4.74 Å². The second kappa shape index (κ2) is 7.40. The first-order chi connectivity index (χ1) is 12.9. The van der Waals surface area contributed by atoms with Gasteiger partial charge in [-0.2, -0.15) is 0 Å². The number of halogens is 1. The molecule has 0 saturated heterocycles. The van der Waals surface area contributed by atoms with E-state index in [1.54, 1.807) is 12.1 Å². The molecule has 1 aliphatic heterocycles. The van der Waals surface area contributed by atoms with Crippen molar-refractivity contribution in [2.45, 2.75) is 32.7 Å². The Morgan fingerprint density at radius 1 is 1.11 bits per heavy atom. The number of methoxy groups -OCH3 is 1. The third-order valence-corrected chi connectivity index (χ3v) is 5.26. The predicted molar refractivity (Wildman–Crippen MR) is 113 cm³/mol. The van der Waals surface area contributed by atoms with E-state index in [2.05, 4.69) is 24.5 Å². The molecule has 0 spiro atoms. The molecule has 2 aromatic rings. The minimum absolute atomic E-state index is 0. The molecule has 0 fully saturated rings. The smallest absolute Gasteiger partial charge is 0.163 e. The third kappa shape index (κ3) is 3.54. The Balaban J connectivity index is 0.00000225. The number of hydrogen-bond donors (Lipinski definition) is 3. The van der Waals surface area contributed by atoms with E-state index in [0.29, 0.717) is 12.2 Å². The third-order valence-electron chi connectivity index (χ3n) is 5.26. The second-order valence-electron chi connectivity index (χ2n) is 8.01. The summed E-state index contributed by atoms with van der Waals surface area (Å²) in [6.07, 6.45) is 1.30. The van der Waals surface area contributed by atoms with Crippen LogP contribution in [-0.4, -0.2) is 18.0 Å². The number of carbonyl (C=O) groups excluding carboxylic acids is 1. The molecule has 148 valence electrons. The van der Waals surface area contributed by atoms with E-state index in [9.17, 15) is 9.90 Å². The van der Waals surface area contributed by atoms with E-state index in [1.165, 1.54) is 7.11 Å². The minimum atomic E-state index is -0.337. The number of nitrogens with one attached hydrogen (secondary N) is 2. The van der Waals surface area contributed by atoms with Crippen molar-refractivity contribution in [2.75, 3.05) is 17.7 Å². The van der Waals surface area contributed by atoms with Crippen molar-refractivity contribution in [1.82, 2.24) is 0 Å². The molecule has 0 amide bonds. The number of allylic oxidation sites excluding steroid dienone is 1. The highest BCUT2D eigenvalue weighted by Gasteiger charge is 2.38. The fraction of sp³-hybridized carbons (Fsp3) is 0.318. The van der Waals surface area contributed by atoms with Crippen molar-refractivity contribution in [3.05, 3.63) is 59.3 Å². The summed E-state index contributed by atoms with van der Waals surface area (Å²) >= 11 is 0. The number of phenolic OH excluding ortho intramolecular Hbond substituents is 1. The standard InChI is InChI=1S/C22H24N2O3.ClH/c1-22(2)11-16-20(18(26)12-22)21(13-8-9-19(27-3)17(25)10-13)24-15-7-5-4-6-14(15)23-16;/h4-10,21,23-25H,11-12H2,1-3H3;1H. The van der Waals surface area contributed by atoms with Crippen LogP contribution in [0.4, 0.5) is 11.4 Å². The second-order valence-corrected chi connectivity index (χ2v) is 8.01. The van der Waals surface area contributed by atoms with Gasteiger partial charge in [-0.3, -0.25) is 4.79 Å². The maximum Gasteiger partial charge on any atom is 0.163 e. The zero-order chi connectivity index (χ0) is 19.2. The average Bonchev–Trinajstić information content (AvgIpc) is 2.77. The zero-order valence-corrected chi connectivity index (χ0v) is 17.0. The molecule has 6 heteroatoms. The van der Waals surface area contributed by atoms with Crippen LogP contribution >= 0.6 is 12.4 Å². The van der Waals surface area contributed by atoms with Crippen molar-refractivity contribution in [3.8, 4) is 11.5 Å². The first-order valence-corrected chi connectivity index (χ1v) is 9.14. The number of rotatable bonds is 2. The number of benzene rings is 2. The zero-order valence-electron chi connectivity index (χ0n) is 16.2. The van der Waals surface area contributed by atoms with Gasteiger partial charge < -0.3 is 20.5 Å². The Morgan fingerprint density at radius 3 is 2.50 bits per heavy atom. The molecule has 5 nitrogen and oxygen atoms in total. The number of anilines is 2. The van der Waals surface area contributed by atoms with E-state index in [0.717, 1.165) is 34.6 Å². The van der Waals surface area contributed by atoms with Crippen molar-refractivity contribution >= 4 is 29.6 Å². The van der Waals surface area contributed by atoms with Gasteiger partial charge in [0.05, 0.1) is 24.5 Å². The maximum atomic E-state index is 13.1. The number of hydrogen-bond acceptors (Lipinski definition) is 5. The lowest BCUT2D eigenvalue weighted by molar-refractivity contribution is -0.118. The van der Waals surface area contributed by atoms with E-state index < -0.39 is 0 Å². The molecular formula is C22H25ClN2O3. The number of ketones is 1. The van der Waals surface area contributed by atoms with Gasteiger partial charge >= 0.3 is 0 Å². The summed E-state index contributed by atoms with van der Waals surface area (Å²) in [6, 6.07) is 12.9. The molecule has 2 aliphatic rings. The topological polar surface area (TPSA) is 70.6 Å². The summed E-state index contributed by atoms with van der Waals surface area (Å²) in [6.45, 7) is 4.24. The van der Waals surface area contributed by atoms with Gasteiger partial charge in [-0.25, -0.2) is 0 Å². The quantitative estimate of drug-likeness (QED) is 0.658. The van der Waals surface area contributed by atoms with Crippen LogP contribution in [0.3, 0.4) is 0 Å². The van der Waals surface area contributed by atoms with Crippen LogP contribution in [0.25, 0.3) is 0 Å². The number of para-hydroxylation sites is 2. The van der Waals surface area contributed by atoms with Crippen molar-refractivity contribution in [2.24, 2.45) is 5.41 Å². The van der Waals surface area contributed by atoms with Gasteiger partial charge in [0.2, 0.25) is 0 Å². The Labute approximate surface area is 171 Å². The summed E-state index contributed by atoms with van der Waals surface area (Å²) in [5, 5.41) is 17.3. The molecule has 0 bridgehead atoms. The van der Waals surface area contributed by atoms with Crippen molar-refractivity contribution in [3.63, 3.8) is 0 Å². The summed E-state index contributed by atoms with van der Waals surface area (Å²) in [5.74, 6) is 0.610. The fourth-order valence-electron chi connectivity index (χ4n) is 4.03. The van der Waals surface area contributed by atoms with Crippen LogP contribution in [0.15, 0.2) is 53.7 Å². The highest BCUT2D eigenvalue weighted by molar-refractivity contribution is 6.01. The predicted octanol–water partition coefficient (Wildman–Crippen LogP) is 5.04. The molecule has 0 saturated carbocycles. The van der Waals surface area contributed by atoms with Gasteiger partial charge in [-0.1, -0.05) is 32.0 Å². The highest BCUT2D eigenvalue weighted by atomic mass is 35.5. The first-order valence-electron chi connectivity index (χ1n) is 9.14. The molecule has 1 aliphatic carbocycles. The van der Waals surface area contributed by atoms with Gasteiger partial charge in [0.1, 0.15) is 0 Å². The van der Waals surface area contributed by atoms with Crippen LogP contribution in [0.5, 0.6) is 11.5 Å². The van der Waals surface area contributed by atoms with Gasteiger partial charge in [0.15, 0.2) is 17.3 Å². The lowest BCUT2D eigenvalue weighted by atomic mass is 9.73. The Hall–Kier alpha value is -2.66. The number of Topliss-reactive ketones (excluding diaryl/α,β-unsaturated/α-hetero) is 1. The molecule has 2 aromatic carbocycles. The van der Waals surface area contributed by atoms with Crippen LogP contribution in [0.2, 0.25) is 0 Å². The SMILES string of the molecule is COc1ccc(C2Nc3ccccc3NC3=C2C(=O)CC(C)(C)C3)cc1O.Cl. The number of carbonyl (C=O) groups is 1. The maximum absolute atomic E-state index is 13.1. The van der Waals surface area contributed by atoms with E-state index in [-0.39, 0.29) is 35.4 Å². The Kier molecular flexibility index (Phi) is 5.31. The number of phenols is 1. The largest absolute Gasteiger partial charge is 0.504 e. The molecule has 1 unspecified atom stereocenters. The fourth-order valence-corrected chi connectivity index (χ4v) is 4.03. The van der Waals surface area contributed by atoms with E-state index >= 15 is 0 Å². The van der Waals surface area contributed by atoms with Gasteiger partial charge in [-0.15, -0.1) is 12.4 Å². The average molecular weight is 401 g/mol. The van der Waals surface area contributed by atoms with Gasteiger partial charge in [0, 0.05) is 17.7 Å². The number of ether oxygens (including phenoxy) is 1. The molecule has 0 radical (unpaired) electrons.